The number of hydrogen-bond acceptors (Lipinski definition) is 5. The summed E-state index contributed by atoms with van der Waals surface area (Å²) in [5.41, 5.74) is 0.379. The van der Waals surface area contributed by atoms with Crippen molar-refractivity contribution in [1.82, 2.24) is 0 Å². The lowest BCUT2D eigenvalue weighted by atomic mass is 10.2. The van der Waals surface area contributed by atoms with Gasteiger partial charge in [0, 0.05) is 0 Å². The van der Waals surface area contributed by atoms with Crippen LogP contribution in [0, 0.1) is 0 Å². The Bertz CT molecular complexity index is 460. The fourth-order valence-corrected chi connectivity index (χ4v) is 2.17. The maximum Gasteiger partial charge on any atom is 0.338 e. The van der Waals surface area contributed by atoms with Gasteiger partial charge in [0.1, 0.15) is 13.2 Å². The van der Waals surface area contributed by atoms with Crippen LogP contribution >= 0.6 is 0 Å². The van der Waals surface area contributed by atoms with Gasteiger partial charge >= 0.3 is 5.97 Å². The van der Waals surface area contributed by atoms with Crippen LogP contribution in [0.25, 0.3) is 0 Å². The van der Waals surface area contributed by atoms with Gasteiger partial charge in [-0.3, -0.25) is 0 Å². The molecule has 1 rings (SSSR count). The monoisotopic (exact) mass is 312 g/mol. The summed E-state index contributed by atoms with van der Waals surface area (Å²) in [7, 11) is 4.54. The van der Waals surface area contributed by atoms with E-state index in [1.807, 2.05) is 0 Å². The summed E-state index contributed by atoms with van der Waals surface area (Å²) in [6.45, 7) is 7.42. The van der Waals surface area contributed by atoms with Crippen molar-refractivity contribution >= 4 is 5.97 Å². The number of carbonyl (C=O) groups excluding carboxylic acids is 1. The Hall–Kier alpha value is -1.95. The highest BCUT2D eigenvalue weighted by molar-refractivity contribution is 5.91. The van der Waals surface area contributed by atoms with Crippen LogP contribution < -0.4 is 19.1 Å². The Morgan fingerprint density at radius 2 is 1.55 bits per heavy atom. The van der Waals surface area contributed by atoms with E-state index in [1.54, 1.807) is 12.1 Å². The molecule has 6 heteroatoms. The summed E-state index contributed by atoms with van der Waals surface area (Å²) in [6.07, 6.45) is 0. The fraction of sp³-hybridized carbons (Fsp3) is 0.562. The molecule has 0 spiro atoms. The molecule has 1 N–H and O–H groups in total. The predicted molar refractivity (Wildman–Crippen MR) is 83.3 cm³/mol. The zero-order chi connectivity index (χ0) is 16.5. The van der Waals surface area contributed by atoms with E-state index in [0.717, 1.165) is 19.6 Å². The molecule has 124 valence electrons. The summed E-state index contributed by atoms with van der Waals surface area (Å²) in [4.78, 5) is 13.5. The van der Waals surface area contributed by atoms with Crippen molar-refractivity contribution in [3.63, 3.8) is 0 Å². The molecule has 0 aliphatic heterocycles. The summed E-state index contributed by atoms with van der Waals surface area (Å²) >= 11 is 0. The lowest BCUT2D eigenvalue weighted by Gasteiger charge is -2.16. The van der Waals surface area contributed by atoms with Crippen LogP contribution in [0.2, 0.25) is 0 Å². The number of benzene rings is 1. The number of rotatable bonds is 9. The molecular formula is C16H26NO5+. The molecule has 0 saturated carbocycles. The van der Waals surface area contributed by atoms with Crippen molar-refractivity contribution in [2.45, 2.75) is 13.8 Å². The third-order valence-electron chi connectivity index (χ3n) is 3.59. The van der Waals surface area contributed by atoms with Crippen LogP contribution in [0.15, 0.2) is 12.1 Å². The quantitative estimate of drug-likeness (QED) is 0.683. The highest BCUT2D eigenvalue weighted by atomic mass is 16.5. The Morgan fingerprint density at radius 3 is 1.95 bits per heavy atom. The van der Waals surface area contributed by atoms with Gasteiger partial charge in [0.15, 0.2) is 11.5 Å². The van der Waals surface area contributed by atoms with E-state index in [4.69, 9.17) is 18.9 Å². The standard InChI is InChI=1S/C16H25NO5/c1-6-17(7-2)8-9-22-16(18)12-10-13(19-3)15(21-5)14(11-12)20-4/h10-11H,6-9H2,1-5H3/p+1. The summed E-state index contributed by atoms with van der Waals surface area (Å²) < 4.78 is 21.0. The lowest BCUT2D eigenvalue weighted by Crippen LogP contribution is -3.11. The summed E-state index contributed by atoms with van der Waals surface area (Å²) in [5, 5.41) is 0. The van der Waals surface area contributed by atoms with Gasteiger partial charge in [0.2, 0.25) is 5.75 Å². The zero-order valence-corrected chi connectivity index (χ0v) is 14.0. The molecule has 0 aliphatic carbocycles. The SMILES string of the molecule is CC[NH+](CC)CCOC(=O)c1cc(OC)c(OC)c(OC)c1. The Kier molecular flexibility index (Phi) is 7.52. The molecule has 1 aromatic rings. The molecule has 1 aromatic carbocycles. The van der Waals surface area contributed by atoms with Gasteiger partial charge in [-0.05, 0) is 26.0 Å². The van der Waals surface area contributed by atoms with E-state index < -0.39 is 5.97 Å². The van der Waals surface area contributed by atoms with Crippen molar-refractivity contribution in [2.24, 2.45) is 0 Å². The Morgan fingerprint density at radius 1 is 1.00 bits per heavy atom. The second-order valence-electron chi connectivity index (χ2n) is 4.76. The molecular weight excluding hydrogens is 286 g/mol. The molecule has 22 heavy (non-hydrogen) atoms. The summed E-state index contributed by atoms with van der Waals surface area (Å²) in [6, 6.07) is 3.18. The maximum atomic E-state index is 12.2. The van der Waals surface area contributed by atoms with Gasteiger partial charge < -0.3 is 23.8 Å². The predicted octanol–water partition coefficient (Wildman–Crippen LogP) is 0.794. The number of likely N-dealkylation sites (N-methyl/N-ethyl adjacent to an activating group) is 1. The molecule has 0 amide bonds. The fourth-order valence-electron chi connectivity index (χ4n) is 2.17. The zero-order valence-electron chi connectivity index (χ0n) is 14.0. The van der Waals surface area contributed by atoms with Crippen LogP contribution in [0.5, 0.6) is 17.2 Å². The first kappa shape index (κ1) is 18.1. The summed E-state index contributed by atoms with van der Waals surface area (Å²) in [5.74, 6) is 0.922. The second-order valence-corrected chi connectivity index (χ2v) is 4.76. The van der Waals surface area contributed by atoms with Crippen molar-refractivity contribution in [3.05, 3.63) is 17.7 Å². The van der Waals surface area contributed by atoms with Gasteiger partial charge in [-0.25, -0.2) is 4.79 Å². The molecule has 0 unspecified atom stereocenters. The Balaban J connectivity index is 2.81. The minimum atomic E-state index is -0.397. The van der Waals surface area contributed by atoms with Crippen LogP contribution in [-0.2, 0) is 4.74 Å². The lowest BCUT2D eigenvalue weighted by molar-refractivity contribution is -0.896. The second kappa shape index (κ2) is 9.15. The Labute approximate surface area is 131 Å². The van der Waals surface area contributed by atoms with Crippen LogP contribution in [-0.4, -0.2) is 53.5 Å². The average molecular weight is 312 g/mol. The van der Waals surface area contributed by atoms with Crippen molar-refractivity contribution < 1.29 is 28.6 Å². The molecule has 0 saturated heterocycles. The first-order chi connectivity index (χ1) is 10.6. The van der Waals surface area contributed by atoms with E-state index in [9.17, 15) is 4.79 Å². The minimum absolute atomic E-state index is 0.379. The number of methoxy groups -OCH3 is 3. The number of nitrogens with one attached hydrogen (secondary N) is 1. The van der Waals surface area contributed by atoms with Gasteiger partial charge in [0.25, 0.3) is 0 Å². The van der Waals surface area contributed by atoms with E-state index in [2.05, 4.69) is 13.8 Å². The number of quaternary nitrogens is 1. The third-order valence-corrected chi connectivity index (χ3v) is 3.59. The van der Waals surface area contributed by atoms with Crippen molar-refractivity contribution in [2.75, 3.05) is 47.6 Å². The van der Waals surface area contributed by atoms with Crippen LogP contribution in [0.3, 0.4) is 0 Å². The van der Waals surface area contributed by atoms with Gasteiger partial charge in [-0.15, -0.1) is 0 Å². The van der Waals surface area contributed by atoms with Crippen LogP contribution in [0.1, 0.15) is 24.2 Å². The topological polar surface area (TPSA) is 58.4 Å². The largest absolute Gasteiger partial charge is 0.493 e. The van der Waals surface area contributed by atoms with E-state index >= 15 is 0 Å². The molecule has 0 bridgehead atoms. The number of carbonyl (C=O) groups is 1. The third kappa shape index (κ3) is 4.53. The van der Waals surface area contributed by atoms with Gasteiger partial charge in [-0.1, -0.05) is 0 Å². The van der Waals surface area contributed by atoms with Gasteiger partial charge in [-0.2, -0.15) is 0 Å². The first-order valence-corrected chi connectivity index (χ1v) is 7.41. The first-order valence-electron chi connectivity index (χ1n) is 7.41. The molecule has 0 aliphatic rings. The average Bonchev–Trinajstić information content (AvgIpc) is 2.56. The van der Waals surface area contributed by atoms with Crippen molar-refractivity contribution in [3.8, 4) is 17.2 Å². The van der Waals surface area contributed by atoms with E-state index in [1.165, 1.54) is 26.2 Å². The highest BCUT2D eigenvalue weighted by Gasteiger charge is 2.18. The number of hydrogen-bond donors (Lipinski definition) is 1. The molecule has 0 heterocycles. The van der Waals surface area contributed by atoms with Crippen LogP contribution in [0.4, 0.5) is 0 Å². The molecule has 0 aromatic heterocycles. The molecule has 0 fully saturated rings. The van der Waals surface area contributed by atoms with E-state index in [0.29, 0.717) is 29.4 Å². The molecule has 0 radical (unpaired) electrons. The normalized spacial score (nSPS) is 10.5. The maximum absolute atomic E-state index is 12.2. The van der Waals surface area contributed by atoms with Gasteiger partial charge in [0.05, 0.1) is 40.0 Å². The number of esters is 1. The van der Waals surface area contributed by atoms with E-state index in [-0.39, 0.29) is 0 Å². The van der Waals surface area contributed by atoms with Crippen molar-refractivity contribution in [1.29, 1.82) is 0 Å². The number of ether oxygens (including phenoxy) is 4. The molecule has 0 atom stereocenters. The molecule has 6 nitrogen and oxygen atoms in total. The smallest absolute Gasteiger partial charge is 0.338 e. The highest BCUT2D eigenvalue weighted by Crippen LogP contribution is 2.38. The minimum Gasteiger partial charge on any atom is -0.493 e.